The van der Waals surface area contributed by atoms with Crippen LogP contribution in [0, 0.1) is 0 Å². The summed E-state index contributed by atoms with van der Waals surface area (Å²) in [6.07, 6.45) is 0. The SMILES string of the molecule is CC(=NOS(=O)(=O)c1ccc(C(C)(C)C)cc1)C(C)=NOS(=O)(=O)c1ccc(C(C)(C)C)cc1. The standard InChI is InChI=1S/C24H32N2O6S2/c1-17(25-31-33(27,28)21-13-9-19(10-14-21)23(3,4)5)18(2)26-32-34(29,30)22-15-11-20(12-16-22)24(6,7)8/h9-16H,1-8H3. The summed E-state index contributed by atoms with van der Waals surface area (Å²) < 4.78 is 59.2. The molecule has 0 radical (unpaired) electrons. The Morgan fingerprint density at radius 2 is 0.853 bits per heavy atom. The van der Waals surface area contributed by atoms with Crippen molar-refractivity contribution in [2.24, 2.45) is 10.3 Å². The van der Waals surface area contributed by atoms with Gasteiger partial charge in [0.2, 0.25) is 0 Å². The Morgan fingerprint density at radius 3 is 1.09 bits per heavy atom. The van der Waals surface area contributed by atoms with E-state index in [4.69, 9.17) is 8.57 Å². The third-order valence-corrected chi connectivity index (χ3v) is 7.33. The molecule has 0 aromatic heterocycles. The molecule has 186 valence electrons. The highest BCUT2D eigenvalue weighted by Crippen LogP contribution is 2.25. The maximum Gasteiger partial charge on any atom is 0.358 e. The predicted octanol–water partition coefficient (Wildman–Crippen LogP) is 5.14. The van der Waals surface area contributed by atoms with Gasteiger partial charge in [0.05, 0.1) is 0 Å². The molecule has 0 atom stereocenters. The third-order valence-electron chi connectivity index (χ3n) is 5.09. The van der Waals surface area contributed by atoms with Gasteiger partial charge < -0.3 is 0 Å². The zero-order chi connectivity index (χ0) is 25.9. The van der Waals surface area contributed by atoms with E-state index in [1.807, 2.05) is 41.5 Å². The van der Waals surface area contributed by atoms with E-state index in [-0.39, 0.29) is 32.0 Å². The van der Waals surface area contributed by atoms with Crippen LogP contribution in [0.5, 0.6) is 0 Å². The van der Waals surface area contributed by atoms with Crippen molar-refractivity contribution in [2.75, 3.05) is 0 Å². The van der Waals surface area contributed by atoms with Gasteiger partial charge in [0.25, 0.3) is 0 Å². The second-order valence-electron chi connectivity index (χ2n) is 9.96. The van der Waals surface area contributed by atoms with Crippen LogP contribution < -0.4 is 0 Å². The average Bonchev–Trinajstić information content (AvgIpc) is 2.75. The van der Waals surface area contributed by atoms with E-state index in [2.05, 4.69) is 10.3 Å². The lowest BCUT2D eigenvalue weighted by molar-refractivity contribution is 0.334. The summed E-state index contributed by atoms with van der Waals surface area (Å²) in [4.78, 5) is -0.103. The van der Waals surface area contributed by atoms with Crippen molar-refractivity contribution in [3.63, 3.8) is 0 Å². The molecule has 0 N–H and O–H groups in total. The van der Waals surface area contributed by atoms with Gasteiger partial charge in [-0.25, -0.2) is 0 Å². The van der Waals surface area contributed by atoms with E-state index in [9.17, 15) is 16.8 Å². The first-order valence-corrected chi connectivity index (χ1v) is 13.4. The minimum absolute atomic E-state index is 0.0353. The van der Waals surface area contributed by atoms with Gasteiger partial charge in [0.15, 0.2) is 0 Å². The molecule has 0 aliphatic rings. The van der Waals surface area contributed by atoms with Crippen LogP contribution in [-0.2, 0) is 39.6 Å². The average molecular weight is 509 g/mol. The van der Waals surface area contributed by atoms with E-state index in [0.29, 0.717) is 0 Å². The molecule has 2 aromatic carbocycles. The fourth-order valence-corrected chi connectivity index (χ4v) is 4.20. The van der Waals surface area contributed by atoms with Crippen LogP contribution in [0.2, 0.25) is 0 Å². The normalized spacial score (nSPS) is 14.1. The first-order valence-electron chi connectivity index (χ1n) is 10.6. The van der Waals surface area contributed by atoms with E-state index in [1.165, 1.54) is 38.1 Å². The Labute approximate surface area is 202 Å². The second kappa shape index (κ2) is 9.87. The largest absolute Gasteiger partial charge is 0.358 e. The van der Waals surface area contributed by atoms with Gasteiger partial charge in [-0.3, -0.25) is 8.57 Å². The Balaban J connectivity index is 2.12. The van der Waals surface area contributed by atoms with Gasteiger partial charge in [0.1, 0.15) is 21.2 Å². The van der Waals surface area contributed by atoms with Gasteiger partial charge >= 0.3 is 20.2 Å². The van der Waals surface area contributed by atoms with E-state index >= 15 is 0 Å². The van der Waals surface area contributed by atoms with Crippen molar-refractivity contribution < 1.29 is 25.4 Å². The van der Waals surface area contributed by atoms with Crippen LogP contribution in [0.1, 0.15) is 66.5 Å². The van der Waals surface area contributed by atoms with Crippen LogP contribution >= 0.6 is 0 Å². The number of benzene rings is 2. The Morgan fingerprint density at radius 1 is 0.588 bits per heavy atom. The topological polar surface area (TPSA) is 111 Å². The number of hydrogen-bond acceptors (Lipinski definition) is 8. The predicted molar refractivity (Wildman–Crippen MR) is 133 cm³/mol. The lowest BCUT2D eigenvalue weighted by Crippen LogP contribution is -2.13. The van der Waals surface area contributed by atoms with Crippen LogP contribution in [-0.4, -0.2) is 28.3 Å². The Hall–Kier alpha value is -2.72. The van der Waals surface area contributed by atoms with Gasteiger partial charge in [-0.15, -0.1) is 0 Å². The molecule has 0 heterocycles. The molecule has 8 nitrogen and oxygen atoms in total. The molecule has 2 aromatic rings. The molecular weight excluding hydrogens is 476 g/mol. The molecule has 0 fully saturated rings. The summed E-state index contributed by atoms with van der Waals surface area (Å²) >= 11 is 0. The van der Waals surface area contributed by atoms with Crippen molar-refractivity contribution >= 4 is 31.7 Å². The molecule has 2 rings (SSSR count). The molecule has 10 heteroatoms. The number of nitrogens with zero attached hydrogens (tertiary/aromatic N) is 2. The van der Waals surface area contributed by atoms with Crippen molar-refractivity contribution in [1.82, 2.24) is 0 Å². The number of oxime groups is 2. The highest BCUT2D eigenvalue weighted by molar-refractivity contribution is 7.87. The van der Waals surface area contributed by atoms with Crippen LogP contribution in [0.4, 0.5) is 0 Å². The van der Waals surface area contributed by atoms with Crippen LogP contribution in [0.25, 0.3) is 0 Å². The fourth-order valence-electron chi connectivity index (χ4n) is 2.67. The van der Waals surface area contributed by atoms with Crippen LogP contribution in [0.15, 0.2) is 68.6 Å². The molecule has 0 spiro atoms. The molecule has 34 heavy (non-hydrogen) atoms. The quantitative estimate of drug-likeness (QED) is 0.378. The maximum absolute atomic E-state index is 12.4. The van der Waals surface area contributed by atoms with E-state index in [0.717, 1.165) is 11.1 Å². The Bertz CT molecular complexity index is 1180. The van der Waals surface area contributed by atoms with Gasteiger partial charge in [-0.1, -0.05) is 76.1 Å². The minimum Gasteiger partial charge on any atom is -0.264 e. The molecule has 0 saturated carbocycles. The molecule has 0 bridgehead atoms. The fraction of sp³-hybridized carbons (Fsp3) is 0.417. The third kappa shape index (κ3) is 7.14. The van der Waals surface area contributed by atoms with Gasteiger partial charge in [-0.2, -0.15) is 16.8 Å². The molecule has 0 aliphatic carbocycles. The highest BCUT2D eigenvalue weighted by Gasteiger charge is 2.21. The minimum atomic E-state index is -4.16. The van der Waals surface area contributed by atoms with Crippen molar-refractivity contribution in [3.8, 4) is 0 Å². The van der Waals surface area contributed by atoms with Crippen molar-refractivity contribution in [2.45, 2.75) is 76.0 Å². The first kappa shape index (κ1) is 27.5. The number of hydrogen-bond donors (Lipinski definition) is 0. The summed E-state index contributed by atoms with van der Waals surface area (Å²) in [5.41, 5.74) is 1.77. The monoisotopic (exact) mass is 508 g/mol. The Kier molecular flexibility index (Phi) is 7.99. The summed E-state index contributed by atoms with van der Waals surface area (Å²) in [7, 11) is -8.31. The summed E-state index contributed by atoms with van der Waals surface area (Å²) in [6.45, 7) is 15.0. The summed E-state index contributed by atoms with van der Waals surface area (Å²) in [5.74, 6) is 0. The van der Waals surface area contributed by atoms with Crippen molar-refractivity contribution in [1.29, 1.82) is 0 Å². The molecule has 0 aliphatic heterocycles. The smallest absolute Gasteiger partial charge is 0.264 e. The lowest BCUT2D eigenvalue weighted by Gasteiger charge is -2.18. The molecule has 0 saturated heterocycles. The number of rotatable bonds is 7. The molecule has 0 unspecified atom stereocenters. The maximum atomic E-state index is 12.4. The second-order valence-corrected chi connectivity index (χ2v) is 13.0. The summed E-state index contributed by atoms with van der Waals surface area (Å²) in [6, 6.07) is 12.6. The van der Waals surface area contributed by atoms with Gasteiger partial charge in [0, 0.05) is 0 Å². The van der Waals surface area contributed by atoms with Crippen molar-refractivity contribution in [3.05, 3.63) is 59.7 Å². The van der Waals surface area contributed by atoms with Crippen LogP contribution in [0.3, 0.4) is 0 Å². The lowest BCUT2D eigenvalue weighted by atomic mass is 9.87. The molecular formula is C24H32N2O6S2. The summed E-state index contributed by atoms with van der Waals surface area (Å²) in [5, 5.41) is 7.16. The highest BCUT2D eigenvalue weighted by atomic mass is 32.2. The van der Waals surface area contributed by atoms with E-state index < -0.39 is 20.2 Å². The molecule has 0 amide bonds. The van der Waals surface area contributed by atoms with Gasteiger partial charge in [-0.05, 0) is 60.1 Å². The zero-order valence-corrected chi connectivity index (χ0v) is 22.4. The first-order chi connectivity index (χ1) is 15.4. The zero-order valence-electron chi connectivity index (χ0n) is 20.8. The van der Waals surface area contributed by atoms with E-state index in [1.54, 1.807) is 24.3 Å².